The molecule has 0 amide bonds. The number of benzene rings is 2. The van der Waals surface area contributed by atoms with Crippen molar-refractivity contribution in [2.24, 2.45) is 14.1 Å². The summed E-state index contributed by atoms with van der Waals surface area (Å²) in [5, 5.41) is 0. The predicted molar refractivity (Wildman–Crippen MR) is 84.8 cm³/mol. The summed E-state index contributed by atoms with van der Waals surface area (Å²) < 4.78 is 4.03. The summed E-state index contributed by atoms with van der Waals surface area (Å²) in [5.74, 6) is 0.862. The quantitative estimate of drug-likeness (QED) is 0.544. The van der Waals surface area contributed by atoms with Gasteiger partial charge in [-0.1, -0.05) is 12.1 Å². The van der Waals surface area contributed by atoms with Crippen LogP contribution in [0.1, 0.15) is 0 Å². The van der Waals surface area contributed by atoms with Gasteiger partial charge in [0.25, 0.3) is 0 Å². The van der Waals surface area contributed by atoms with Gasteiger partial charge in [-0.25, -0.2) is 9.97 Å². The SMILES string of the molecule is Cn1cnc2c(N)c(-c3nc4ccccc4n3C)ccc21. The van der Waals surface area contributed by atoms with Gasteiger partial charge in [-0.15, -0.1) is 0 Å². The van der Waals surface area contributed by atoms with Crippen LogP contribution in [0.25, 0.3) is 33.5 Å². The van der Waals surface area contributed by atoms with Crippen LogP contribution in [-0.4, -0.2) is 19.1 Å². The molecule has 0 aliphatic heterocycles. The number of hydrogen-bond donors (Lipinski definition) is 1. The van der Waals surface area contributed by atoms with Crippen molar-refractivity contribution >= 4 is 27.8 Å². The lowest BCUT2D eigenvalue weighted by molar-refractivity contribution is 0.947. The fourth-order valence-corrected chi connectivity index (χ4v) is 2.80. The number of aryl methyl sites for hydroxylation is 2. The smallest absolute Gasteiger partial charge is 0.143 e. The van der Waals surface area contributed by atoms with E-state index in [1.165, 1.54) is 0 Å². The lowest BCUT2D eigenvalue weighted by Gasteiger charge is -2.07. The van der Waals surface area contributed by atoms with Crippen molar-refractivity contribution in [2.75, 3.05) is 5.73 Å². The van der Waals surface area contributed by atoms with Crippen molar-refractivity contribution in [3.05, 3.63) is 42.7 Å². The van der Waals surface area contributed by atoms with Crippen molar-refractivity contribution in [1.29, 1.82) is 0 Å². The Hall–Kier alpha value is -2.82. The second-order valence-corrected chi connectivity index (χ2v) is 5.23. The molecule has 0 fully saturated rings. The summed E-state index contributed by atoms with van der Waals surface area (Å²) in [6, 6.07) is 12.1. The van der Waals surface area contributed by atoms with Crippen molar-refractivity contribution in [1.82, 2.24) is 19.1 Å². The molecule has 2 N–H and O–H groups in total. The molecule has 0 spiro atoms. The summed E-state index contributed by atoms with van der Waals surface area (Å²) in [7, 11) is 3.97. The number of hydrogen-bond acceptors (Lipinski definition) is 3. The second kappa shape index (κ2) is 4.09. The number of nitrogens with two attached hydrogens (primary N) is 1. The topological polar surface area (TPSA) is 61.7 Å². The maximum absolute atomic E-state index is 6.33. The molecule has 2 heterocycles. The second-order valence-electron chi connectivity index (χ2n) is 5.23. The highest BCUT2D eigenvalue weighted by atomic mass is 15.1. The van der Waals surface area contributed by atoms with Crippen molar-refractivity contribution < 1.29 is 0 Å². The monoisotopic (exact) mass is 277 g/mol. The third kappa shape index (κ3) is 1.57. The zero-order chi connectivity index (χ0) is 14.6. The Kier molecular flexibility index (Phi) is 2.33. The first-order valence-corrected chi connectivity index (χ1v) is 6.78. The van der Waals surface area contributed by atoms with Gasteiger partial charge in [-0.2, -0.15) is 0 Å². The molecule has 2 aromatic carbocycles. The van der Waals surface area contributed by atoms with E-state index in [1.807, 2.05) is 49.0 Å². The molecule has 0 aliphatic rings. The van der Waals surface area contributed by atoms with Crippen LogP contribution < -0.4 is 5.73 Å². The summed E-state index contributed by atoms with van der Waals surface area (Å²) in [6.07, 6.45) is 1.78. The van der Waals surface area contributed by atoms with Crippen LogP contribution in [0.15, 0.2) is 42.7 Å². The normalized spacial score (nSPS) is 11.5. The fraction of sp³-hybridized carbons (Fsp3) is 0.125. The Morgan fingerprint density at radius 1 is 1.00 bits per heavy atom. The molecule has 2 aromatic heterocycles. The van der Waals surface area contributed by atoms with Gasteiger partial charge in [0.2, 0.25) is 0 Å². The standard InChI is InChI=1S/C16H15N5/c1-20-9-18-15-13(20)8-7-10(14(15)17)16-19-11-5-3-4-6-12(11)21(16)2/h3-9H,17H2,1-2H3. The van der Waals surface area contributed by atoms with E-state index in [1.54, 1.807) is 6.33 Å². The van der Waals surface area contributed by atoms with Gasteiger partial charge in [0.1, 0.15) is 11.3 Å². The average Bonchev–Trinajstić information content (AvgIpc) is 3.03. The highest BCUT2D eigenvalue weighted by Gasteiger charge is 2.15. The van der Waals surface area contributed by atoms with Gasteiger partial charge < -0.3 is 14.9 Å². The average molecular weight is 277 g/mol. The minimum atomic E-state index is 0.673. The van der Waals surface area contributed by atoms with Gasteiger partial charge in [0, 0.05) is 19.7 Å². The maximum atomic E-state index is 6.33. The first kappa shape index (κ1) is 12.0. The van der Waals surface area contributed by atoms with Crippen LogP contribution in [0, 0.1) is 0 Å². The lowest BCUT2D eigenvalue weighted by atomic mass is 10.1. The van der Waals surface area contributed by atoms with E-state index in [4.69, 9.17) is 10.7 Å². The number of nitrogen functional groups attached to an aromatic ring is 1. The van der Waals surface area contributed by atoms with E-state index >= 15 is 0 Å². The van der Waals surface area contributed by atoms with E-state index in [0.717, 1.165) is 33.5 Å². The van der Waals surface area contributed by atoms with Gasteiger partial charge in [0.15, 0.2) is 0 Å². The molecule has 4 aromatic rings. The molecule has 104 valence electrons. The zero-order valence-corrected chi connectivity index (χ0v) is 11.9. The third-order valence-electron chi connectivity index (χ3n) is 3.96. The van der Waals surface area contributed by atoms with E-state index in [0.29, 0.717) is 5.69 Å². The summed E-state index contributed by atoms with van der Waals surface area (Å²) in [6.45, 7) is 0. The minimum absolute atomic E-state index is 0.673. The van der Waals surface area contributed by atoms with Crippen LogP contribution >= 0.6 is 0 Å². The Morgan fingerprint density at radius 3 is 2.62 bits per heavy atom. The van der Waals surface area contributed by atoms with Crippen molar-refractivity contribution in [2.45, 2.75) is 0 Å². The van der Waals surface area contributed by atoms with Crippen LogP contribution in [0.5, 0.6) is 0 Å². The highest BCUT2D eigenvalue weighted by molar-refractivity contribution is 5.96. The summed E-state index contributed by atoms with van der Waals surface area (Å²) in [5.41, 5.74) is 11.8. The van der Waals surface area contributed by atoms with E-state index in [-0.39, 0.29) is 0 Å². The molecule has 0 saturated heterocycles. The lowest BCUT2D eigenvalue weighted by Crippen LogP contribution is -1.98. The van der Waals surface area contributed by atoms with Crippen LogP contribution in [0.2, 0.25) is 0 Å². The first-order valence-electron chi connectivity index (χ1n) is 6.78. The number of fused-ring (bicyclic) bond motifs is 2. The molecule has 0 unspecified atom stereocenters. The van der Waals surface area contributed by atoms with Gasteiger partial charge in [0.05, 0.1) is 28.6 Å². The minimum Gasteiger partial charge on any atom is -0.396 e. The molecule has 21 heavy (non-hydrogen) atoms. The number of anilines is 1. The predicted octanol–water partition coefficient (Wildman–Crippen LogP) is 2.71. The van der Waals surface area contributed by atoms with Gasteiger partial charge in [-0.3, -0.25) is 0 Å². The molecule has 0 saturated carbocycles. The van der Waals surface area contributed by atoms with Crippen molar-refractivity contribution in [3.63, 3.8) is 0 Å². The van der Waals surface area contributed by atoms with Gasteiger partial charge in [-0.05, 0) is 24.3 Å². The van der Waals surface area contributed by atoms with E-state index in [2.05, 4.69) is 15.6 Å². The summed E-state index contributed by atoms with van der Waals surface area (Å²) >= 11 is 0. The van der Waals surface area contributed by atoms with Gasteiger partial charge >= 0.3 is 0 Å². The molecule has 0 aliphatic carbocycles. The fourth-order valence-electron chi connectivity index (χ4n) is 2.80. The highest BCUT2D eigenvalue weighted by Crippen LogP contribution is 2.32. The van der Waals surface area contributed by atoms with Crippen molar-refractivity contribution in [3.8, 4) is 11.4 Å². The van der Waals surface area contributed by atoms with Crippen LogP contribution in [0.4, 0.5) is 5.69 Å². The Morgan fingerprint density at radius 2 is 1.81 bits per heavy atom. The van der Waals surface area contributed by atoms with E-state index < -0.39 is 0 Å². The van der Waals surface area contributed by atoms with Crippen LogP contribution in [-0.2, 0) is 14.1 Å². The number of aromatic nitrogens is 4. The van der Waals surface area contributed by atoms with Crippen LogP contribution in [0.3, 0.4) is 0 Å². The molecular formula is C16H15N5. The molecule has 0 bridgehead atoms. The largest absolute Gasteiger partial charge is 0.396 e. The molecule has 5 nitrogen and oxygen atoms in total. The summed E-state index contributed by atoms with van der Waals surface area (Å²) in [4.78, 5) is 9.09. The Bertz CT molecular complexity index is 977. The first-order chi connectivity index (χ1) is 10.2. The van der Waals surface area contributed by atoms with E-state index in [9.17, 15) is 0 Å². The molecule has 0 radical (unpaired) electrons. The number of para-hydroxylation sites is 2. The number of nitrogens with zero attached hydrogens (tertiary/aromatic N) is 4. The maximum Gasteiger partial charge on any atom is 0.143 e. The Balaban J connectivity index is 2.04. The zero-order valence-electron chi connectivity index (χ0n) is 11.9. The Labute approximate surface area is 121 Å². The number of imidazole rings is 2. The molecular weight excluding hydrogens is 262 g/mol. The number of rotatable bonds is 1. The molecule has 4 rings (SSSR count). The molecule has 0 atom stereocenters. The molecule has 5 heteroatoms. The third-order valence-corrected chi connectivity index (χ3v) is 3.96.